The smallest absolute Gasteiger partial charge is 0.412 e. The molecule has 1 heterocycles. The molecule has 5 heteroatoms. The van der Waals surface area contributed by atoms with Crippen molar-refractivity contribution in [3.8, 4) is 22.6 Å². The van der Waals surface area contributed by atoms with Gasteiger partial charge in [0.25, 0.3) is 0 Å². The molecule has 0 spiro atoms. The van der Waals surface area contributed by atoms with Crippen molar-refractivity contribution < 1.29 is 14.3 Å². The molecule has 0 saturated carbocycles. The molecule has 1 aliphatic carbocycles. The Bertz CT molecular complexity index is 894. The number of amides is 1. The number of carbonyl (C=O) groups is 1. The van der Waals surface area contributed by atoms with Crippen LogP contribution in [-0.2, 0) is 12.8 Å². The minimum atomic E-state index is -0.450. The third-order valence-electron chi connectivity index (χ3n) is 5.78. The van der Waals surface area contributed by atoms with Crippen LogP contribution < -0.4 is 14.8 Å². The molecule has 1 N–H and O–H groups in total. The fraction of sp³-hybridized carbons (Fsp3) is 0.435. The van der Waals surface area contributed by atoms with Crippen LogP contribution in [0.15, 0.2) is 30.3 Å². The number of fused-ring (bicyclic) bond motifs is 2. The zero-order chi connectivity index (χ0) is 19.7. The Balaban J connectivity index is 1.87. The van der Waals surface area contributed by atoms with E-state index in [1.54, 1.807) is 7.11 Å². The van der Waals surface area contributed by atoms with Gasteiger partial charge in [-0.15, -0.1) is 0 Å². The van der Waals surface area contributed by atoms with E-state index < -0.39 is 6.09 Å². The maximum atomic E-state index is 12.2. The minimum Gasteiger partial charge on any atom is -0.493 e. The average Bonchev–Trinajstić information content (AvgIpc) is 2.70. The lowest BCUT2D eigenvalue weighted by Gasteiger charge is -2.42. The quantitative estimate of drug-likeness (QED) is 0.839. The largest absolute Gasteiger partial charge is 0.493 e. The second kappa shape index (κ2) is 7.84. The zero-order valence-electron chi connectivity index (χ0n) is 16.9. The Morgan fingerprint density at radius 2 is 2.07 bits per heavy atom. The summed E-state index contributed by atoms with van der Waals surface area (Å²) in [4.78, 5) is 14.8. The molecule has 0 fully saturated rings. The third kappa shape index (κ3) is 3.14. The lowest BCUT2D eigenvalue weighted by atomic mass is 9.76. The van der Waals surface area contributed by atoms with Gasteiger partial charge in [0.2, 0.25) is 0 Å². The molecule has 1 unspecified atom stereocenters. The van der Waals surface area contributed by atoms with Gasteiger partial charge >= 0.3 is 6.09 Å². The number of hydrogen-bond acceptors (Lipinski definition) is 4. The minimum absolute atomic E-state index is 0.387. The lowest BCUT2D eigenvalue weighted by molar-refractivity contribution is 0.182. The molecule has 0 aromatic heterocycles. The van der Waals surface area contributed by atoms with E-state index in [1.807, 2.05) is 13.0 Å². The topological polar surface area (TPSA) is 50.8 Å². The first-order chi connectivity index (χ1) is 13.7. The maximum Gasteiger partial charge on any atom is 0.412 e. The summed E-state index contributed by atoms with van der Waals surface area (Å²) in [7, 11) is 1.61. The van der Waals surface area contributed by atoms with Crippen molar-refractivity contribution in [3.63, 3.8) is 0 Å². The lowest BCUT2D eigenvalue weighted by Crippen LogP contribution is -2.39. The maximum absolute atomic E-state index is 12.2. The second-order valence-electron chi connectivity index (χ2n) is 7.44. The number of hydrogen-bond donors (Lipinski definition) is 1. The first-order valence-electron chi connectivity index (χ1n) is 10.2. The number of nitrogens with zero attached hydrogens (tertiary/aromatic N) is 1. The van der Waals surface area contributed by atoms with Gasteiger partial charge < -0.3 is 14.8 Å². The predicted molar refractivity (Wildman–Crippen MR) is 110 cm³/mol. The molecule has 0 radical (unpaired) electrons. The van der Waals surface area contributed by atoms with E-state index in [4.69, 9.17) is 9.47 Å². The molecule has 148 valence electrons. The van der Waals surface area contributed by atoms with E-state index in [0.717, 1.165) is 37.9 Å². The average molecular weight is 380 g/mol. The van der Waals surface area contributed by atoms with Gasteiger partial charge in [-0.2, -0.15) is 0 Å². The highest BCUT2D eigenvalue weighted by Gasteiger charge is 2.36. The number of carbonyl (C=O) groups excluding carboxylic acids is 1. The fourth-order valence-electron chi connectivity index (χ4n) is 4.64. The molecular formula is C23H28N2O3. The van der Waals surface area contributed by atoms with Crippen molar-refractivity contribution in [2.24, 2.45) is 0 Å². The van der Waals surface area contributed by atoms with E-state index in [0.29, 0.717) is 24.1 Å². The highest BCUT2D eigenvalue weighted by Crippen LogP contribution is 2.51. The molecule has 0 saturated heterocycles. The van der Waals surface area contributed by atoms with Crippen LogP contribution in [-0.4, -0.2) is 37.7 Å². The van der Waals surface area contributed by atoms with Crippen LogP contribution in [0.2, 0.25) is 0 Å². The van der Waals surface area contributed by atoms with Crippen molar-refractivity contribution in [1.82, 2.24) is 10.2 Å². The summed E-state index contributed by atoms with van der Waals surface area (Å²) < 4.78 is 11.3. The molecule has 1 atom stereocenters. The molecule has 4 rings (SSSR count). The molecule has 2 aliphatic rings. The zero-order valence-corrected chi connectivity index (χ0v) is 16.9. The molecule has 0 bridgehead atoms. The summed E-state index contributed by atoms with van der Waals surface area (Å²) in [6.07, 6.45) is 2.68. The fourth-order valence-corrected chi connectivity index (χ4v) is 4.64. The number of nitrogens with one attached hydrogen (secondary N) is 1. The summed E-state index contributed by atoms with van der Waals surface area (Å²) in [5, 5.41) is 2.72. The van der Waals surface area contributed by atoms with Gasteiger partial charge in [0.15, 0.2) is 11.5 Å². The SMILES string of the molecule is CCCN1CCc2cccc3c2C1Cc1ccc(OC)c(OC(=O)NCC)c1-3. The van der Waals surface area contributed by atoms with E-state index in [1.165, 1.54) is 22.3 Å². The highest BCUT2D eigenvalue weighted by atomic mass is 16.6. The third-order valence-corrected chi connectivity index (χ3v) is 5.78. The van der Waals surface area contributed by atoms with Crippen LogP contribution in [0.25, 0.3) is 11.1 Å². The van der Waals surface area contributed by atoms with Gasteiger partial charge in [-0.25, -0.2) is 4.79 Å². The van der Waals surface area contributed by atoms with E-state index in [2.05, 4.69) is 41.4 Å². The van der Waals surface area contributed by atoms with Gasteiger partial charge in [-0.05, 0) is 61.1 Å². The van der Waals surface area contributed by atoms with Crippen LogP contribution in [0.4, 0.5) is 4.79 Å². The number of methoxy groups -OCH3 is 1. The Hall–Kier alpha value is -2.53. The van der Waals surface area contributed by atoms with Crippen molar-refractivity contribution in [3.05, 3.63) is 47.0 Å². The standard InChI is InChI=1S/C23H28N2O3/c1-4-12-25-13-11-15-7-6-8-17-20(15)18(25)14-16-9-10-19(27-3)22(21(16)17)28-23(26)24-5-2/h6-10,18H,4-5,11-14H2,1-3H3,(H,24,26). The molecule has 1 aliphatic heterocycles. The van der Waals surface area contributed by atoms with Crippen molar-refractivity contribution in [2.45, 2.75) is 39.2 Å². The Morgan fingerprint density at radius 3 is 2.82 bits per heavy atom. The Labute approximate surface area is 166 Å². The van der Waals surface area contributed by atoms with E-state index in [9.17, 15) is 4.79 Å². The summed E-state index contributed by atoms with van der Waals surface area (Å²) in [5.74, 6) is 1.10. The molecular weight excluding hydrogens is 352 g/mol. The highest BCUT2D eigenvalue weighted by molar-refractivity contribution is 5.85. The second-order valence-corrected chi connectivity index (χ2v) is 7.44. The van der Waals surface area contributed by atoms with E-state index >= 15 is 0 Å². The number of rotatable bonds is 5. The first kappa shape index (κ1) is 18.8. The van der Waals surface area contributed by atoms with Crippen molar-refractivity contribution in [1.29, 1.82) is 0 Å². The Morgan fingerprint density at radius 1 is 1.21 bits per heavy atom. The van der Waals surface area contributed by atoms with Crippen LogP contribution in [0.5, 0.6) is 11.5 Å². The number of benzene rings is 2. The Kier molecular flexibility index (Phi) is 5.27. The monoisotopic (exact) mass is 380 g/mol. The van der Waals surface area contributed by atoms with Gasteiger partial charge in [-0.1, -0.05) is 31.2 Å². The molecule has 2 aromatic carbocycles. The van der Waals surface area contributed by atoms with E-state index in [-0.39, 0.29) is 0 Å². The summed E-state index contributed by atoms with van der Waals surface area (Å²) in [5.41, 5.74) is 6.17. The van der Waals surface area contributed by atoms with Gasteiger partial charge in [-0.3, -0.25) is 4.90 Å². The summed E-state index contributed by atoms with van der Waals surface area (Å²) in [6.45, 7) is 6.83. The molecule has 28 heavy (non-hydrogen) atoms. The number of ether oxygens (including phenoxy) is 2. The first-order valence-corrected chi connectivity index (χ1v) is 10.2. The molecule has 2 aromatic rings. The molecule has 5 nitrogen and oxygen atoms in total. The van der Waals surface area contributed by atoms with Crippen LogP contribution in [0.3, 0.4) is 0 Å². The summed E-state index contributed by atoms with van der Waals surface area (Å²) >= 11 is 0. The van der Waals surface area contributed by atoms with Crippen LogP contribution in [0, 0.1) is 0 Å². The van der Waals surface area contributed by atoms with Crippen molar-refractivity contribution >= 4 is 6.09 Å². The normalized spacial score (nSPS) is 17.5. The van der Waals surface area contributed by atoms with Gasteiger partial charge in [0.05, 0.1) is 7.11 Å². The van der Waals surface area contributed by atoms with Crippen LogP contribution >= 0.6 is 0 Å². The molecule has 1 amide bonds. The van der Waals surface area contributed by atoms with Gasteiger partial charge in [0, 0.05) is 24.7 Å². The van der Waals surface area contributed by atoms with Crippen molar-refractivity contribution in [2.75, 3.05) is 26.7 Å². The predicted octanol–water partition coefficient (Wildman–Crippen LogP) is 4.34. The van der Waals surface area contributed by atoms with Crippen LogP contribution in [0.1, 0.15) is 43.0 Å². The summed E-state index contributed by atoms with van der Waals surface area (Å²) in [6, 6.07) is 10.9. The van der Waals surface area contributed by atoms with Gasteiger partial charge in [0.1, 0.15) is 0 Å².